The molecule has 0 saturated heterocycles. The van der Waals surface area contributed by atoms with Gasteiger partial charge in [-0.15, -0.1) is 0 Å². The van der Waals surface area contributed by atoms with Crippen LogP contribution in [-0.4, -0.2) is 11.6 Å². The fourth-order valence-corrected chi connectivity index (χ4v) is 0.721. The predicted molar refractivity (Wildman–Crippen MR) is 37.5 cm³/mol. The molecule has 0 amide bonds. The Kier molecular flexibility index (Phi) is 2.15. The zero-order valence-electron chi connectivity index (χ0n) is 5.54. The zero-order valence-corrected chi connectivity index (χ0v) is 5.54. The van der Waals surface area contributed by atoms with Gasteiger partial charge in [-0.2, -0.15) is 0 Å². The summed E-state index contributed by atoms with van der Waals surface area (Å²) in [7, 11) is 0. The Morgan fingerprint density at radius 3 is 1.70 bits per heavy atom. The lowest BCUT2D eigenvalue weighted by Gasteiger charge is -1.92. The van der Waals surface area contributed by atoms with E-state index in [4.69, 9.17) is 0 Å². The van der Waals surface area contributed by atoms with Gasteiger partial charge in [-0.3, -0.25) is 9.59 Å². The number of ketones is 2. The highest BCUT2D eigenvalue weighted by molar-refractivity contribution is 6.00. The number of carbonyl (C=O) groups excluding carboxylic acids is 2. The summed E-state index contributed by atoms with van der Waals surface area (Å²) < 4.78 is 0. The molecule has 0 aliphatic heterocycles. The fourth-order valence-electron chi connectivity index (χ4n) is 0.721. The molecule has 0 N–H and O–H groups in total. The van der Waals surface area contributed by atoms with Crippen LogP contribution >= 0.6 is 0 Å². The van der Waals surface area contributed by atoms with Gasteiger partial charge in [0.2, 0.25) is 0 Å². The van der Waals surface area contributed by atoms with Gasteiger partial charge in [0.05, 0.1) is 0 Å². The number of allylic oxidation sites excluding steroid dienone is 4. The van der Waals surface area contributed by atoms with E-state index in [-0.39, 0.29) is 11.6 Å². The van der Waals surface area contributed by atoms with Gasteiger partial charge < -0.3 is 0 Å². The van der Waals surface area contributed by atoms with E-state index in [2.05, 4.69) is 0 Å². The van der Waals surface area contributed by atoms with Crippen molar-refractivity contribution in [3.05, 3.63) is 24.3 Å². The fraction of sp³-hybridized carbons (Fsp3) is 0.250. The maximum absolute atomic E-state index is 10.7. The third-order valence-corrected chi connectivity index (χ3v) is 1.26. The van der Waals surface area contributed by atoms with Crippen LogP contribution in [0.5, 0.6) is 0 Å². The van der Waals surface area contributed by atoms with Crippen LogP contribution < -0.4 is 0 Å². The van der Waals surface area contributed by atoms with E-state index in [0.29, 0.717) is 12.8 Å². The van der Waals surface area contributed by atoms with E-state index < -0.39 is 0 Å². The normalized spacial score (nSPS) is 25.2. The molecular formula is C8H8O2. The highest BCUT2D eigenvalue weighted by atomic mass is 16.1. The topological polar surface area (TPSA) is 34.1 Å². The largest absolute Gasteiger partial charge is 0.295 e. The van der Waals surface area contributed by atoms with Crippen LogP contribution in [0.2, 0.25) is 0 Å². The van der Waals surface area contributed by atoms with E-state index in [0.717, 1.165) is 0 Å². The summed E-state index contributed by atoms with van der Waals surface area (Å²) in [5, 5.41) is 0. The van der Waals surface area contributed by atoms with Gasteiger partial charge in [-0.25, -0.2) is 0 Å². The lowest BCUT2D eigenvalue weighted by molar-refractivity contribution is -0.116. The SMILES string of the molecule is O=C1/C=C\C(=O)C/C=C\C1. The molecule has 0 aromatic heterocycles. The molecule has 10 heavy (non-hydrogen) atoms. The predicted octanol–water partition coefficient (Wildman–Crippen LogP) is 1.03. The molecule has 1 aliphatic carbocycles. The van der Waals surface area contributed by atoms with E-state index in [1.54, 1.807) is 12.2 Å². The van der Waals surface area contributed by atoms with Gasteiger partial charge in [-0.05, 0) is 12.2 Å². The lowest BCUT2D eigenvalue weighted by atomic mass is 10.1. The van der Waals surface area contributed by atoms with Crippen molar-refractivity contribution in [2.24, 2.45) is 0 Å². The van der Waals surface area contributed by atoms with Crippen LogP contribution in [0.3, 0.4) is 0 Å². The van der Waals surface area contributed by atoms with E-state index >= 15 is 0 Å². The summed E-state index contributed by atoms with van der Waals surface area (Å²) in [5.74, 6) is -0.0198. The summed E-state index contributed by atoms with van der Waals surface area (Å²) in [6.07, 6.45) is 6.97. The van der Waals surface area contributed by atoms with Crippen molar-refractivity contribution in [1.82, 2.24) is 0 Å². The van der Waals surface area contributed by atoms with Gasteiger partial charge in [0.25, 0.3) is 0 Å². The quantitative estimate of drug-likeness (QED) is 0.466. The Hall–Kier alpha value is -1.18. The first-order chi connectivity index (χ1) is 4.79. The Balaban J connectivity index is 2.68. The van der Waals surface area contributed by atoms with E-state index in [1.807, 2.05) is 0 Å². The van der Waals surface area contributed by atoms with Crippen molar-refractivity contribution in [1.29, 1.82) is 0 Å². The van der Waals surface area contributed by atoms with Crippen molar-refractivity contribution >= 4 is 11.6 Å². The van der Waals surface area contributed by atoms with E-state index in [9.17, 15) is 9.59 Å². The van der Waals surface area contributed by atoms with Gasteiger partial charge >= 0.3 is 0 Å². The van der Waals surface area contributed by atoms with Crippen molar-refractivity contribution in [2.75, 3.05) is 0 Å². The molecule has 1 aliphatic rings. The maximum Gasteiger partial charge on any atom is 0.159 e. The molecular weight excluding hydrogens is 128 g/mol. The number of hydrogen-bond acceptors (Lipinski definition) is 2. The van der Waals surface area contributed by atoms with Crippen LogP contribution in [0, 0.1) is 0 Å². The zero-order chi connectivity index (χ0) is 7.40. The first kappa shape index (κ1) is 6.93. The molecule has 0 heterocycles. The molecule has 0 aromatic rings. The van der Waals surface area contributed by atoms with Crippen LogP contribution in [0.1, 0.15) is 12.8 Å². The van der Waals surface area contributed by atoms with Crippen molar-refractivity contribution in [3.8, 4) is 0 Å². The summed E-state index contributed by atoms with van der Waals surface area (Å²) in [6.45, 7) is 0. The van der Waals surface area contributed by atoms with Crippen molar-refractivity contribution < 1.29 is 9.59 Å². The average Bonchev–Trinajstić information content (AvgIpc) is 1.90. The number of hydrogen-bond donors (Lipinski definition) is 0. The highest BCUT2D eigenvalue weighted by Gasteiger charge is 1.99. The molecule has 2 heteroatoms. The Labute approximate surface area is 59.2 Å². The third kappa shape index (κ3) is 1.97. The summed E-state index contributed by atoms with van der Waals surface area (Å²) in [4.78, 5) is 21.4. The second-order valence-electron chi connectivity index (χ2n) is 2.15. The smallest absolute Gasteiger partial charge is 0.159 e. The van der Waals surface area contributed by atoms with Gasteiger partial charge in [-0.1, -0.05) is 12.2 Å². The monoisotopic (exact) mass is 136 g/mol. The minimum atomic E-state index is -0.00991. The number of carbonyl (C=O) groups is 2. The minimum Gasteiger partial charge on any atom is -0.295 e. The molecule has 0 fully saturated rings. The molecule has 0 bridgehead atoms. The molecule has 52 valence electrons. The second kappa shape index (κ2) is 3.11. The van der Waals surface area contributed by atoms with Crippen molar-refractivity contribution in [2.45, 2.75) is 12.8 Å². The summed E-state index contributed by atoms with van der Waals surface area (Å²) in [5.41, 5.74) is 0. The van der Waals surface area contributed by atoms with Crippen LogP contribution in [-0.2, 0) is 9.59 Å². The first-order valence-electron chi connectivity index (χ1n) is 3.18. The lowest BCUT2D eigenvalue weighted by Crippen LogP contribution is -1.97. The van der Waals surface area contributed by atoms with Crippen LogP contribution in [0.15, 0.2) is 24.3 Å². The standard InChI is InChI=1S/C8H8O2/c9-7-3-1-2-4-8(10)6-5-7/h1-2,5-6H,3-4H2/b2-1-,6-5-. The average molecular weight is 136 g/mol. The molecule has 0 unspecified atom stereocenters. The van der Waals surface area contributed by atoms with Gasteiger partial charge in [0, 0.05) is 12.8 Å². The second-order valence-corrected chi connectivity index (χ2v) is 2.15. The Morgan fingerprint density at radius 1 is 0.900 bits per heavy atom. The first-order valence-corrected chi connectivity index (χ1v) is 3.18. The maximum atomic E-state index is 10.7. The Bertz CT molecular complexity index is 189. The molecule has 1 rings (SSSR count). The van der Waals surface area contributed by atoms with Gasteiger partial charge in [0.1, 0.15) is 0 Å². The number of rotatable bonds is 0. The minimum absolute atomic E-state index is 0.00991. The molecule has 0 radical (unpaired) electrons. The Morgan fingerprint density at radius 2 is 1.30 bits per heavy atom. The molecule has 2 nitrogen and oxygen atoms in total. The van der Waals surface area contributed by atoms with Crippen molar-refractivity contribution in [3.63, 3.8) is 0 Å². The molecule has 0 aromatic carbocycles. The third-order valence-electron chi connectivity index (χ3n) is 1.26. The van der Waals surface area contributed by atoms with Crippen LogP contribution in [0.4, 0.5) is 0 Å². The van der Waals surface area contributed by atoms with Crippen LogP contribution in [0.25, 0.3) is 0 Å². The van der Waals surface area contributed by atoms with E-state index in [1.165, 1.54) is 12.2 Å². The summed E-state index contributed by atoms with van der Waals surface area (Å²) in [6, 6.07) is 0. The highest BCUT2D eigenvalue weighted by Crippen LogP contribution is 1.97. The van der Waals surface area contributed by atoms with Gasteiger partial charge in [0.15, 0.2) is 11.6 Å². The summed E-state index contributed by atoms with van der Waals surface area (Å²) >= 11 is 0. The molecule has 0 atom stereocenters. The molecule has 0 saturated carbocycles. The molecule has 0 spiro atoms.